The van der Waals surface area contributed by atoms with Gasteiger partial charge in [-0.1, -0.05) is 11.6 Å². The van der Waals surface area contributed by atoms with E-state index in [2.05, 4.69) is 5.32 Å². The van der Waals surface area contributed by atoms with Gasteiger partial charge in [0.25, 0.3) is 5.69 Å². The van der Waals surface area contributed by atoms with Gasteiger partial charge in [-0.15, -0.1) is 0 Å². The van der Waals surface area contributed by atoms with Gasteiger partial charge in [-0.3, -0.25) is 10.1 Å². The van der Waals surface area contributed by atoms with Gasteiger partial charge in [0.1, 0.15) is 5.69 Å². The Morgan fingerprint density at radius 3 is 2.46 bits per heavy atom. The molecule has 0 atom stereocenters. The number of ether oxygens (including phenoxy) is 1. The number of halogens is 4. The zero-order chi connectivity index (χ0) is 18.1. The Kier molecular flexibility index (Phi) is 4.74. The largest absolute Gasteiger partial charge is 0.504 e. The molecule has 128 valence electrons. The van der Waals surface area contributed by atoms with Crippen LogP contribution in [0, 0.1) is 10.1 Å². The molecule has 0 aliphatic carbocycles. The highest BCUT2D eigenvalue weighted by Gasteiger charge is 2.36. The van der Waals surface area contributed by atoms with Crippen LogP contribution >= 0.6 is 11.6 Å². The van der Waals surface area contributed by atoms with E-state index in [-0.39, 0.29) is 22.9 Å². The van der Waals surface area contributed by atoms with Crippen LogP contribution in [0.5, 0.6) is 11.5 Å². The summed E-state index contributed by atoms with van der Waals surface area (Å²) >= 11 is 5.58. The van der Waals surface area contributed by atoms with E-state index in [1.807, 2.05) is 0 Å². The molecule has 0 radical (unpaired) electrons. The first-order valence-corrected chi connectivity index (χ1v) is 6.70. The van der Waals surface area contributed by atoms with Crippen LogP contribution in [0.15, 0.2) is 30.3 Å². The zero-order valence-corrected chi connectivity index (χ0v) is 12.8. The predicted octanol–water partition coefficient (Wildman–Crippen LogP) is 4.72. The Morgan fingerprint density at radius 2 is 1.96 bits per heavy atom. The molecule has 0 aliphatic rings. The van der Waals surface area contributed by atoms with Gasteiger partial charge in [0, 0.05) is 17.8 Å². The average molecular weight is 363 g/mol. The number of nitrogens with zero attached hydrogens (tertiary/aromatic N) is 1. The molecule has 24 heavy (non-hydrogen) atoms. The summed E-state index contributed by atoms with van der Waals surface area (Å²) in [6.07, 6.45) is -4.82. The zero-order valence-electron chi connectivity index (χ0n) is 12.0. The molecule has 0 amide bonds. The second-order valence-electron chi connectivity index (χ2n) is 4.62. The van der Waals surface area contributed by atoms with Gasteiger partial charge in [0.15, 0.2) is 11.5 Å². The molecule has 0 aliphatic heterocycles. The van der Waals surface area contributed by atoms with E-state index in [9.17, 15) is 28.4 Å². The maximum atomic E-state index is 12.8. The van der Waals surface area contributed by atoms with E-state index in [0.717, 1.165) is 6.07 Å². The number of hydrogen-bond donors (Lipinski definition) is 2. The van der Waals surface area contributed by atoms with Gasteiger partial charge in [-0.2, -0.15) is 13.2 Å². The maximum Gasteiger partial charge on any atom is 0.418 e. The highest BCUT2D eigenvalue weighted by atomic mass is 35.5. The molecule has 0 heterocycles. The summed E-state index contributed by atoms with van der Waals surface area (Å²) in [6, 6.07) is 5.18. The van der Waals surface area contributed by atoms with Crippen LogP contribution in [0.4, 0.5) is 30.2 Å². The number of nitro groups is 1. The summed E-state index contributed by atoms with van der Waals surface area (Å²) in [4.78, 5) is 10.1. The van der Waals surface area contributed by atoms with E-state index in [0.29, 0.717) is 6.07 Å². The lowest BCUT2D eigenvalue weighted by atomic mass is 10.1. The molecule has 10 heteroatoms. The van der Waals surface area contributed by atoms with E-state index < -0.39 is 27.4 Å². The van der Waals surface area contributed by atoms with Crippen molar-refractivity contribution in [2.45, 2.75) is 6.18 Å². The number of nitro benzene ring substituents is 1. The van der Waals surface area contributed by atoms with Crippen molar-refractivity contribution in [3.05, 3.63) is 51.0 Å². The third-order valence-electron chi connectivity index (χ3n) is 3.05. The van der Waals surface area contributed by atoms with Crippen molar-refractivity contribution in [1.29, 1.82) is 0 Å². The second kappa shape index (κ2) is 6.44. The number of methoxy groups -OCH3 is 1. The number of phenolic OH excluding ortho intramolecular Hbond substituents is 1. The summed E-state index contributed by atoms with van der Waals surface area (Å²) in [5.74, 6) is -0.0799. The van der Waals surface area contributed by atoms with Crippen LogP contribution in [-0.4, -0.2) is 17.1 Å². The Morgan fingerprint density at radius 1 is 1.29 bits per heavy atom. The number of aromatic hydroxyl groups is 1. The lowest BCUT2D eigenvalue weighted by molar-refractivity contribution is -0.384. The number of nitrogens with one attached hydrogen (secondary N) is 1. The number of anilines is 2. The molecule has 0 fully saturated rings. The van der Waals surface area contributed by atoms with Gasteiger partial charge in [0.05, 0.1) is 22.6 Å². The topological polar surface area (TPSA) is 84.6 Å². The molecular weight excluding hydrogens is 353 g/mol. The predicted molar refractivity (Wildman–Crippen MR) is 81.0 cm³/mol. The van der Waals surface area contributed by atoms with Crippen LogP contribution in [0.1, 0.15) is 5.56 Å². The van der Waals surface area contributed by atoms with E-state index in [4.69, 9.17) is 16.3 Å². The van der Waals surface area contributed by atoms with Crippen molar-refractivity contribution >= 4 is 28.7 Å². The van der Waals surface area contributed by atoms with Crippen molar-refractivity contribution in [2.75, 3.05) is 12.4 Å². The lowest BCUT2D eigenvalue weighted by Gasteiger charge is -2.13. The molecular formula is C14H10ClF3N2O4. The van der Waals surface area contributed by atoms with E-state index >= 15 is 0 Å². The van der Waals surface area contributed by atoms with Crippen molar-refractivity contribution in [3.63, 3.8) is 0 Å². The molecule has 0 aromatic heterocycles. The smallest absolute Gasteiger partial charge is 0.418 e. The molecule has 6 nitrogen and oxygen atoms in total. The molecule has 0 bridgehead atoms. The monoisotopic (exact) mass is 362 g/mol. The summed E-state index contributed by atoms with van der Waals surface area (Å²) in [5.41, 5.74) is -2.16. The Labute approximate surface area is 138 Å². The first-order valence-electron chi connectivity index (χ1n) is 6.32. The molecule has 0 spiro atoms. The summed E-state index contributed by atoms with van der Waals surface area (Å²) in [7, 11) is 1.34. The maximum absolute atomic E-state index is 12.8. The molecule has 0 unspecified atom stereocenters. The van der Waals surface area contributed by atoms with Crippen LogP contribution in [0.3, 0.4) is 0 Å². The van der Waals surface area contributed by atoms with Crippen molar-refractivity contribution in [3.8, 4) is 11.5 Å². The van der Waals surface area contributed by atoms with Crippen molar-refractivity contribution in [2.24, 2.45) is 0 Å². The van der Waals surface area contributed by atoms with Gasteiger partial charge in [-0.05, 0) is 18.2 Å². The van der Waals surface area contributed by atoms with Crippen LogP contribution in [0.2, 0.25) is 5.02 Å². The quantitative estimate of drug-likeness (QED) is 0.607. The fourth-order valence-corrected chi connectivity index (χ4v) is 2.22. The Bertz CT molecular complexity index is 796. The summed E-state index contributed by atoms with van der Waals surface area (Å²) in [5, 5.41) is 22.6. The lowest BCUT2D eigenvalue weighted by Crippen LogP contribution is -2.08. The average Bonchev–Trinajstić information content (AvgIpc) is 2.45. The van der Waals surface area contributed by atoms with Gasteiger partial charge >= 0.3 is 6.18 Å². The molecule has 2 aromatic carbocycles. The molecule has 2 rings (SSSR count). The fraction of sp³-hybridized carbons (Fsp3) is 0.143. The third kappa shape index (κ3) is 3.62. The normalized spacial score (nSPS) is 11.2. The standard InChI is InChI=1S/C14H10ClF3N2O4/c1-24-13-3-2-7(4-12(13)21)19-10-6-9(15)8(14(16,17)18)5-11(10)20(22)23/h2-6,19,21H,1H3. The summed E-state index contributed by atoms with van der Waals surface area (Å²) in [6.45, 7) is 0. The number of rotatable bonds is 4. The minimum Gasteiger partial charge on any atom is -0.504 e. The number of benzene rings is 2. The van der Waals surface area contributed by atoms with Crippen LogP contribution in [0.25, 0.3) is 0 Å². The van der Waals surface area contributed by atoms with E-state index in [1.54, 1.807) is 0 Å². The molecule has 0 saturated carbocycles. The minimum absolute atomic E-state index is 0.167. The van der Waals surface area contributed by atoms with Gasteiger partial charge < -0.3 is 15.2 Å². The number of alkyl halides is 3. The van der Waals surface area contributed by atoms with Crippen molar-refractivity contribution in [1.82, 2.24) is 0 Å². The first kappa shape index (κ1) is 17.7. The number of hydrogen-bond acceptors (Lipinski definition) is 5. The highest BCUT2D eigenvalue weighted by Crippen LogP contribution is 2.41. The summed E-state index contributed by atoms with van der Waals surface area (Å²) < 4.78 is 43.3. The Hall–Kier alpha value is -2.68. The first-order chi connectivity index (χ1) is 11.1. The molecule has 2 N–H and O–H groups in total. The molecule has 2 aromatic rings. The highest BCUT2D eigenvalue weighted by molar-refractivity contribution is 6.31. The fourth-order valence-electron chi connectivity index (χ4n) is 1.95. The van der Waals surface area contributed by atoms with Gasteiger partial charge in [-0.25, -0.2) is 0 Å². The van der Waals surface area contributed by atoms with Crippen LogP contribution < -0.4 is 10.1 Å². The Balaban J connectivity index is 2.48. The van der Waals surface area contributed by atoms with Crippen molar-refractivity contribution < 1.29 is 27.9 Å². The third-order valence-corrected chi connectivity index (χ3v) is 3.36. The number of phenols is 1. The van der Waals surface area contributed by atoms with Gasteiger partial charge in [0.2, 0.25) is 0 Å². The SMILES string of the molecule is COc1ccc(Nc2cc(Cl)c(C(F)(F)F)cc2[N+](=O)[O-])cc1O. The minimum atomic E-state index is -4.82. The second-order valence-corrected chi connectivity index (χ2v) is 5.02. The van der Waals surface area contributed by atoms with Crippen LogP contribution in [-0.2, 0) is 6.18 Å². The van der Waals surface area contributed by atoms with E-state index in [1.165, 1.54) is 25.3 Å². The molecule has 0 saturated heterocycles.